The van der Waals surface area contributed by atoms with Crippen LogP contribution in [0.2, 0.25) is 0 Å². The van der Waals surface area contributed by atoms with E-state index in [9.17, 15) is 4.79 Å². The fourth-order valence-electron chi connectivity index (χ4n) is 3.85. The van der Waals surface area contributed by atoms with E-state index in [2.05, 4.69) is 51.7 Å². The Morgan fingerprint density at radius 2 is 1.88 bits per heavy atom. The third-order valence-corrected chi connectivity index (χ3v) is 6.68. The second-order valence-electron chi connectivity index (χ2n) is 8.33. The Morgan fingerprint density at radius 1 is 1.15 bits per heavy atom. The molecule has 1 amide bonds. The van der Waals surface area contributed by atoms with Gasteiger partial charge in [0.2, 0.25) is 11.1 Å². The molecule has 172 valence electrons. The van der Waals surface area contributed by atoms with Crippen LogP contribution in [0.15, 0.2) is 65.0 Å². The lowest BCUT2D eigenvalue weighted by atomic mass is 9.94. The van der Waals surface area contributed by atoms with Gasteiger partial charge in [0.25, 0.3) is 5.91 Å². The number of hydrogen-bond donors (Lipinski definition) is 2. The Morgan fingerprint density at radius 3 is 2.55 bits per heavy atom. The maximum absolute atomic E-state index is 13.6. The zero-order valence-corrected chi connectivity index (χ0v) is 20.5. The Hall–Kier alpha value is -3.26. The van der Waals surface area contributed by atoms with E-state index in [0.717, 1.165) is 40.4 Å². The van der Waals surface area contributed by atoms with Gasteiger partial charge in [0.05, 0.1) is 5.57 Å². The number of thioether (sulfide) groups is 1. The van der Waals surface area contributed by atoms with E-state index < -0.39 is 0 Å². The average molecular weight is 463 g/mol. The zero-order valence-electron chi connectivity index (χ0n) is 19.7. The minimum atomic E-state index is -0.384. The Bertz CT molecular complexity index is 1180. The lowest BCUT2D eigenvalue weighted by Gasteiger charge is -2.29. The molecular weight excluding hydrogens is 432 g/mol. The van der Waals surface area contributed by atoms with Gasteiger partial charge >= 0.3 is 0 Å². The van der Waals surface area contributed by atoms with Crippen molar-refractivity contribution in [2.75, 3.05) is 35.4 Å². The van der Waals surface area contributed by atoms with Gasteiger partial charge in [-0.05, 0) is 49.6 Å². The van der Waals surface area contributed by atoms with Crippen LogP contribution in [-0.2, 0) is 4.79 Å². The molecule has 0 aliphatic carbocycles. The van der Waals surface area contributed by atoms with Crippen LogP contribution in [0.5, 0.6) is 0 Å². The molecule has 0 saturated heterocycles. The van der Waals surface area contributed by atoms with E-state index in [1.54, 1.807) is 11.8 Å². The summed E-state index contributed by atoms with van der Waals surface area (Å²) in [5.74, 6) is 1.44. The molecule has 2 aromatic carbocycles. The molecule has 0 saturated carbocycles. The van der Waals surface area contributed by atoms with Crippen molar-refractivity contribution in [1.29, 1.82) is 0 Å². The fourth-order valence-corrected chi connectivity index (χ4v) is 4.53. The van der Waals surface area contributed by atoms with Crippen molar-refractivity contribution in [3.63, 3.8) is 0 Å². The molecule has 1 atom stereocenters. The number of nitrogens with zero attached hydrogens (tertiary/aromatic N) is 4. The molecule has 3 aromatic rings. The van der Waals surface area contributed by atoms with Gasteiger partial charge in [0.1, 0.15) is 6.04 Å². The van der Waals surface area contributed by atoms with E-state index in [1.807, 2.05) is 56.9 Å². The second kappa shape index (κ2) is 9.70. The molecule has 0 radical (unpaired) electrons. The normalized spacial score (nSPS) is 15.1. The molecule has 7 nitrogen and oxygen atoms in total. The predicted molar refractivity (Wildman–Crippen MR) is 136 cm³/mol. The number of aromatic nitrogens is 3. The molecule has 2 heterocycles. The van der Waals surface area contributed by atoms with Crippen LogP contribution in [0.25, 0.3) is 0 Å². The highest BCUT2D eigenvalue weighted by atomic mass is 32.2. The van der Waals surface area contributed by atoms with Crippen LogP contribution >= 0.6 is 11.8 Å². The Balaban J connectivity index is 1.76. The van der Waals surface area contributed by atoms with Gasteiger partial charge in [-0.2, -0.15) is 4.98 Å². The number of nitrogens with one attached hydrogen (secondary N) is 2. The minimum absolute atomic E-state index is 0.153. The predicted octanol–water partition coefficient (Wildman–Crippen LogP) is 5.08. The summed E-state index contributed by atoms with van der Waals surface area (Å²) in [6.45, 7) is 6.04. The van der Waals surface area contributed by atoms with Crippen molar-refractivity contribution >= 4 is 35.0 Å². The number of hydrogen-bond acceptors (Lipinski definition) is 6. The molecule has 0 spiro atoms. The van der Waals surface area contributed by atoms with Crippen molar-refractivity contribution < 1.29 is 4.79 Å². The summed E-state index contributed by atoms with van der Waals surface area (Å²) in [4.78, 5) is 20.3. The molecule has 1 aliphatic rings. The topological polar surface area (TPSA) is 75.1 Å². The summed E-state index contributed by atoms with van der Waals surface area (Å²) in [6.07, 6.45) is 1.04. The van der Waals surface area contributed by atoms with E-state index in [4.69, 9.17) is 5.10 Å². The smallest absolute Gasteiger partial charge is 0.255 e. The first-order chi connectivity index (χ1) is 15.9. The van der Waals surface area contributed by atoms with Gasteiger partial charge in [-0.1, -0.05) is 49.0 Å². The Labute approximate surface area is 199 Å². The number of amides is 1. The molecule has 8 heteroatoms. The minimum Gasteiger partial charge on any atom is -0.378 e. The largest absolute Gasteiger partial charge is 0.378 e. The van der Waals surface area contributed by atoms with E-state index in [0.29, 0.717) is 16.7 Å². The molecule has 1 aromatic heterocycles. The monoisotopic (exact) mass is 462 g/mol. The van der Waals surface area contributed by atoms with Gasteiger partial charge in [-0.3, -0.25) is 4.79 Å². The highest BCUT2D eigenvalue weighted by molar-refractivity contribution is 7.99. The first-order valence-corrected chi connectivity index (χ1v) is 12.1. The number of allylic oxidation sites excluding steroid dienone is 1. The highest BCUT2D eigenvalue weighted by Gasteiger charge is 2.34. The molecule has 0 bridgehead atoms. The van der Waals surface area contributed by atoms with E-state index >= 15 is 0 Å². The number of carbonyl (C=O) groups excluding carboxylic acids is 1. The van der Waals surface area contributed by atoms with Gasteiger partial charge in [-0.15, -0.1) is 5.10 Å². The third-order valence-electron chi connectivity index (χ3n) is 5.63. The van der Waals surface area contributed by atoms with Gasteiger partial charge in [-0.25, -0.2) is 4.68 Å². The van der Waals surface area contributed by atoms with Crippen LogP contribution in [0.3, 0.4) is 0 Å². The molecule has 2 N–H and O–H groups in total. The van der Waals surface area contributed by atoms with Crippen molar-refractivity contribution in [1.82, 2.24) is 14.8 Å². The number of anilines is 3. The lowest BCUT2D eigenvalue weighted by molar-refractivity contribution is -0.113. The number of fused-ring (bicyclic) bond motifs is 1. The van der Waals surface area contributed by atoms with Crippen LogP contribution in [0, 0.1) is 6.92 Å². The Kier molecular flexibility index (Phi) is 6.74. The second-order valence-corrected chi connectivity index (χ2v) is 9.39. The van der Waals surface area contributed by atoms with Crippen LogP contribution in [-0.4, -0.2) is 40.5 Å². The average Bonchev–Trinajstić information content (AvgIpc) is 3.20. The van der Waals surface area contributed by atoms with Crippen LogP contribution in [0.4, 0.5) is 17.3 Å². The third kappa shape index (κ3) is 4.75. The number of aryl methyl sites for hydroxylation is 1. The van der Waals surface area contributed by atoms with Gasteiger partial charge in [0.15, 0.2) is 0 Å². The summed E-state index contributed by atoms with van der Waals surface area (Å²) in [6, 6.07) is 15.6. The number of benzene rings is 2. The standard InChI is InChI=1S/C25H30N6OS/c1-6-15-33-25-28-24-26-17(3)21(23(32)27-20-10-8-7-9-16(20)2)22(31(24)29-25)18-11-13-19(14-12-18)30(4)5/h7-14,22H,6,15H2,1-5H3,(H,27,32)(H,26,28,29). The summed E-state index contributed by atoms with van der Waals surface area (Å²) >= 11 is 1.62. The summed E-state index contributed by atoms with van der Waals surface area (Å²) in [5.41, 5.74) is 5.29. The summed E-state index contributed by atoms with van der Waals surface area (Å²) < 4.78 is 1.84. The van der Waals surface area contributed by atoms with E-state index in [1.165, 1.54) is 0 Å². The fraction of sp³-hybridized carbons (Fsp3) is 0.320. The molecule has 1 aliphatic heterocycles. The van der Waals surface area contributed by atoms with Crippen LogP contribution < -0.4 is 15.5 Å². The first-order valence-electron chi connectivity index (χ1n) is 11.1. The maximum Gasteiger partial charge on any atom is 0.255 e. The highest BCUT2D eigenvalue weighted by Crippen LogP contribution is 2.37. The molecule has 0 fully saturated rings. The molecule has 33 heavy (non-hydrogen) atoms. The zero-order chi connectivity index (χ0) is 23.5. The number of carbonyl (C=O) groups is 1. The summed E-state index contributed by atoms with van der Waals surface area (Å²) in [5, 5.41) is 11.9. The van der Waals surface area contributed by atoms with Crippen molar-refractivity contribution in [2.45, 2.75) is 38.4 Å². The first kappa shape index (κ1) is 22.9. The van der Waals surface area contributed by atoms with Crippen molar-refractivity contribution in [3.05, 3.63) is 70.9 Å². The molecular formula is C25H30N6OS. The summed E-state index contributed by atoms with van der Waals surface area (Å²) in [7, 11) is 4.02. The number of rotatable bonds is 7. The van der Waals surface area contributed by atoms with Crippen molar-refractivity contribution in [2.24, 2.45) is 0 Å². The van der Waals surface area contributed by atoms with E-state index in [-0.39, 0.29) is 11.9 Å². The molecule has 4 rings (SSSR count). The van der Waals surface area contributed by atoms with Crippen LogP contribution in [0.1, 0.15) is 37.4 Å². The number of para-hydroxylation sites is 1. The van der Waals surface area contributed by atoms with Crippen molar-refractivity contribution in [3.8, 4) is 0 Å². The van der Waals surface area contributed by atoms with Gasteiger partial charge < -0.3 is 15.5 Å². The maximum atomic E-state index is 13.6. The van der Waals surface area contributed by atoms with Gasteiger partial charge in [0, 0.05) is 36.9 Å². The quantitative estimate of drug-likeness (QED) is 0.477. The molecule has 1 unspecified atom stereocenters. The SMILES string of the molecule is CCCSc1nc2n(n1)C(c1ccc(N(C)C)cc1)C(C(=O)Nc1ccccc1C)=C(C)N2. The lowest BCUT2D eigenvalue weighted by Crippen LogP contribution is -2.31.